The molecule has 1 rings (SSSR count). The molecule has 0 aliphatic carbocycles. The highest BCUT2D eigenvalue weighted by molar-refractivity contribution is 7.95. The van der Waals surface area contributed by atoms with Crippen molar-refractivity contribution in [3.8, 4) is 0 Å². The van der Waals surface area contributed by atoms with Crippen LogP contribution >= 0.6 is 0 Å². The third-order valence-corrected chi connectivity index (χ3v) is 2.10. The molecule has 0 saturated heterocycles. The van der Waals surface area contributed by atoms with Crippen molar-refractivity contribution >= 4 is 10.9 Å². The van der Waals surface area contributed by atoms with E-state index in [2.05, 4.69) is 10.2 Å². The van der Waals surface area contributed by atoms with Gasteiger partial charge in [0.2, 0.25) is 0 Å². The third-order valence-electron chi connectivity index (χ3n) is 1.08. The Kier molecular flexibility index (Phi) is 2.43. The predicted octanol–water partition coefficient (Wildman–Crippen LogP) is 0.910. The molecule has 0 aliphatic rings. The first kappa shape index (κ1) is 8.45. The van der Waals surface area contributed by atoms with E-state index in [9.17, 15) is 8.78 Å². The Morgan fingerprint density at radius 3 is 2.45 bits per heavy atom. The van der Waals surface area contributed by atoms with Crippen LogP contribution in [0.15, 0.2) is 11.2 Å². The monoisotopic (exact) mass is 180 g/mol. The summed E-state index contributed by atoms with van der Waals surface area (Å²) in [4.78, 5) is 0.419. The Labute approximate surface area is 65.7 Å². The van der Waals surface area contributed by atoms with Crippen molar-refractivity contribution in [3.05, 3.63) is 6.20 Å². The number of alkyl halides is 2. The molecule has 0 aromatic carbocycles. The third kappa shape index (κ3) is 1.89. The number of halogens is 2. The largest absolute Gasteiger partial charge is 0.348 e. The van der Waals surface area contributed by atoms with E-state index in [1.165, 1.54) is 6.20 Å². The minimum absolute atomic E-state index is 0.102. The molecule has 0 unspecified atom stereocenters. The lowest BCUT2D eigenvalue weighted by molar-refractivity contribution is 0.0403. The van der Waals surface area contributed by atoms with Gasteiger partial charge < -0.3 is 0 Å². The van der Waals surface area contributed by atoms with Gasteiger partial charge in [0.25, 0.3) is 5.03 Å². The van der Waals surface area contributed by atoms with Gasteiger partial charge in [0.15, 0.2) is 0 Å². The molecule has 0 bridgehead atoms. The first-order valence-corrected chi connectivity index (χ1v) is 4.93. The first-order valence-electron chi connectivity index (χ1n) is 2.89. The Balaban J connectivity index is 2.82. The molecule has 1 heterocycles. The predicted molar refractivity (Wildman–Crippen MR) is 38.8 cm³/mol. The fraction of sp³-hybridized carbons (Fsp3) is 0.600. The van der Waals surface area contributed by atoms with Crippen LogP contribution in [0.25, 0.3) is 0 Å². The van der Waals surface area contributed by atoms with Crippen LogP contribution in [0.4, 0.5) is 8.78 Å². The van der Waals surface area contributed by atoms with Crippen LogP contribution in [0.3, 0.4) is 0 Å². The van der Waals surface area contributed by atoms with Gasteiger partial charge >= 0.3 is 6.55 Å². The standard InChI is InChI=1S/C5H8F2N3S/c1-11(2)4-3-8-10(9-4)5(6)7/h3,5H,1-2H3/q+1. The van der Waals surface area contributed by atoms with Crippen molar-refractivity contribution in [1.29, 1.82) is 0 Å². The molecule has 1 aromatic heterocycles. The summed E-state index contributed by atoms with van der Waals surface area (Å²) in [6.45, 7) is -2.63. The molecular weight excluding hydrogens is 172 g/mol. The van der Waals surface area contributed by atoms with Gasteiger partial charge in [-0.3, -0.25) is 0 Å². The number of rotatable bonds is 2. The maximum Gasteiger partial charge on any atom is 0.348 e. The Hall–Kier alpha value is -0.650. The van der Waals surface area contributed by atoms with Crippen molar-refractivity contribution in [3.63, 3.8) is 0 Å². The normalized spacial score (nSPS) is 11.5. The molecule has 11 heavy (non-hydrogen) atoms. The van der Waals surface area contributed by atoms with Crippen molar-refractivity contribution in [2.75, 3.05) is 12.5 Å². The molecular formula is C5H8F2N3S+. The van der Waals surface area contributed by atoms with E-state index < -0.39 is 6.55 Å². The van der Waals surface area contributed by atoms with Gasteiger partial charge in [-0.15, -0.1) is 4.80 Å². The number of hydrogen-bond donors (Lipinski definition) is 0. The van der Waals surface area contributed by atoms with E-state index in [0.29, 0.717) is 9.82 Å². The Bertz CT molecular complexity index is 213. The van der Waals surface area contributed by atoms with Gasteiger partial charge in [-0.2, -0.15) is 13.9 Å². The molecule has 0 saturated carbocycles. The van der Waals surface area contributed by atoms with Crippen molar-refractivity contribution in [1.82, 2.24) is 15.0 Å². The summed E-state index contributed by atoms with van der Waals surface area (Å²) < 4.78 is 23.8. The first-order chi connectivity index (χ1) is 5.11. The highest BCUT2D eigenvalue weighted by Gasteiger charge is 2.16. The smallest absolute Gasteiger partial charge is 0.182 e. The van der Waals surface area contributed by atoms with E-state index in [-0.39, 0.29) is 10.9 Å². The fourth-order valence-electron chi connectivity index (χ4n) is 0.542. The second-order valence-electron chi connectivity index (χ2n) is 2.10. The summed E-state index contributed by atoms with van der Waals surface area (Å²) in [6.07, 6.45) is 5.18. The quantitative estimate of drug-likeness (QED) is 0.633. The van der Waals surface area contributed by atoms with Gasteiger partial charge in [0, 0.05) is 10.9 Å². The zero-order valence-electron chi connectivity index (χ0n) is 6.16. The molecule has 0 amide bonds. The molecule has 0 spiro atoms. The van der Waals surface area contributed by atoms with Crippen molar-refractivity contribution in [2.45, 2.75) is 11.6 Å². The summed E-state index contributed by atoms with van der Waals surface area (Å²) in [5.41, 5.74) is 0. The molecule has 3 nitrogen and oxygen atoms in total. The topological polar surface area (TPSA) is 30.7 Å². The summed E-state index contributed by atoms with van der Waals surface area (Å²) >= 11 is 0. The number of nitrogens with zero attached hydrogens (tertiary/aromatic N) is 3. The molecule has 0 radical (unpaired) electrons. The van der Waals surface area contributed by atoms with Crippen LogP contribution in [0.2, 0.25) is 0 Å². The van der Waals surface area contributed by atoms with E-state index in [1.807, 2.05) is 12.5 Å². The van der Waals surface area contributed by atoms with Crippen molar-refractivity contribution < 1.29 is 8.78 Å². The number of aromatic nitrogens is 3. The van der Waals surface area contributed by atoms with Crippen LogP contribution in [0.5, 0.6) is 0 Å². The fourth-order valence-corrected chi connectivity index (χ4v) is 1.05. The van der Waals surface area contributed by atoms with Gasteiger partial charge in [0.05, 0.1) is 0 Å². The summed E-state index contributed by atoms with van der Waals surface area (Å²) in [6, 6.07) is 0. The lowest BCUT2D eigenvalue weighted by atomic mass is 11.0. The van der Waals surface area contributed by atoms with E-state index in [0.717, 1.165) is 0 Å². The average molecular weight is 180 g/mol. The zero-order valence-corrected chi connectivity index (χ0v) is 6.98. The van der Waals surface area contributed by atoms with Crippen molar-refractivity contribution in [2.24, 2.45) is 0 Å². The summed E-state index contributed by atoms with van der Waals surface area (Å²) in [5.74, 6) is 0. The summed E-state index contributed by atoms with van der Waals surface area (Å²) in [5, 5.41) is 7.59. The minimum Gasteiger partial charge on any atom is -0.182 e. The average Bonchev–Trinajstić information content (AvgIpc) is 2.33. The molecule has 0 N–H and O–H groups in total. The van der Waals surface area contributed by atoms with Gasteiger partial charge in [-0.1, -0.05) is 5.10 Å². The SMILES string of the molecule is C[S+](C)c1cnn(C(F)F)n1. The second kappa shape index (κ2) is 3.17. The van der Waals surface area contributed by atoms with Gasteiger partial charge in [0.1, 0.15) is 18.7 Å². The summed E-state index contributed by atoms with van der Waals surface area (Å²) in [7, 11) is -0.102. The van der Waals surface area contributed by atoms with Crippen LogP contribution in [-0.4, -0.2) is 27.5 Å². The van der Waals surface area contributed by atoms with Crippen LogP contribution in [0, 0.1) is 0 Å². The highest BCUT2D eigenvalue weighted by Crippen LogP contribution is 2.08. The maximum absolute atomic E-state index is 11.9. The van der Waals surface area contributed by atoms with E-state index >= 15 is 0 Å². The lowest BCUT2D eigenvalue weighted by Crippen LogP contribution is -2.04. The van der Waals surface area contributed by atoms with Crippen LogP contribution in [-0.2, 0) is 10.9 Å². The van der Waals surface area contributed by atoms with Gasteiger partial charge in [-0.05, 0) is 0 Å². The molecule has 0 fully saturated rings. The molecule has 0 aliphatic heterocycles. The molecule has 0 atom stereocenters. The van der Waals surface area contributed by atoms with E-state index in [1.54, 1.807) is 0 Å². The second-order valence-corrected chi connectivity index (χ2v) is 4.15. The Morgan fingerprint density at radius 2 is 2.18 bits per heavy atom. The van der Waals surface area contributed by atoms with E-state index in [4.69, 9.17) is 0 Å². The van der Waals surface area contributed by atoms with Crippen LogP contribution in [0.1, 0.15) is 6.55 Å². The maximum atomic E-state index is 11.9. The lowest BCUT2D eigenvalue weighted by Gasteiger charge is -1.92. The zero-order chi connectivity index (χ0) is 8.43. The minimum atomic E-state index is -2.63. The highest BCUT2D eigenvalue weighted by atomic mass is 32.2. The van der Waals surface area contributed by atoms with Crippen LogP contribution < -0.4 is 0 Å². The molecule has 6 heteroatoms. The van der Waals surface area contributed by atoms with Gasteiger partial charge in [-0.25, -0.2) is 0 Å². The molecule has 1 aromatic rings. The molecule has 62 valence electrons. The number of hydrogen-bond acceptors (Lipinski definition) is 2. The Morgan fingerprint density at radius 1 is 1.55 bits per heavy atom.